The van der Waals surface area contributed by atoms with E-state index in [-0.39, 0.29) is 5.91 Å². The number of nitrogens with zero attached hydrogens (tertiary/aromatic N) is 3. The van der Waals surface area contributed by atoms with Gasteiger partial charge in [0.1, 0.15) is 12.0 Å². The minimum Gasteiger partial charge on any atom is -0.321 e. The fourth-order valence-electron chi connectivity index (χ4n) is 2.21. The minimum atomic E-state index is -0.274. The van der Waals surface area contributed by atoms with Crippen LogP contribution in [-0.2, 0) is 0 Å². The molecule has 5 nitrogen and oxygen atoms in total. The Morgan fingerprint density at radius 3 is 2.67 bits per heavy atom. The first kappa shape index (κ1) is 16.0. The summed E-state index contributed by atoms with van der Waals surface area (Å²) in [4.78, 5) is 16.5. The summed E-state index contributed by atoms with van der Waals surface area (Å²) in [5, 5.41) is 11.7. The summed E-state index contributed by atoms with van der Waals surface area (Å²) < 4.78 is 2.73. The third-order valence-electron chi connectivity index (χ3n) is 3.53. The van der Waals surface area contributed by atoms with E-state index in [2.05, 4.69) is 32.3 Å². The average molecular weight is 381 g/mol. The first-order valence-corrected chi connectivity index (χ1v) is 7.98. The summed E-state index contributed by atoms with van der Waals surface area (Å²) >= 11 is 3.43. The molecule has 0 aliphatic carbocycles. The summed E-state index contributed by atoms with van der Waals surface area (Å²) in [6, 6.07) is 14.7. The van der Waals surface area contributed by atoms with Gasteiger partial charge in [-0.2, -0.15) is 5.26 Å². The van der Waals surface area contributed by atoms with Crippen LogP contribution in [-0.4, -0.2) is 15.5 Å². The van der Waals surface area contributed by atoms with Gasteiger partial charge < -0.3 is 9.88 Å². The van der Waals surface area contributed by atoms with Crippen LogP contribution in [0.3, 0.4) is 0 Å². The number of anilines is 1. The summed E-state index contributed by atoms with van der Waals surface area (Å²) in [5.74, 6) is -0.274. The average Bonchev–Trinajstić information content (AvgIpc) is 3.08. The molecular formula is C18H13BrN4O. The lowest BCUT2D eigenvalue weighted by Crippen LogP contribution is -2.12. The van der Waals surface area contributed by atoms with Crippen molar-refractivity contribution in [2.24, 2.45) is 0 Å². The van der Waals surface area contributed by atoms with Gasteiger partial charge in [0.05, 0.1) is 11.6 Å². The Hall–Kier alpha value is -2.91. The molecule has 118 valence electrons. The number of carbonyl (C=O) groups is 1. The minimum absolute atomic E-state index is 0.274. The van der Waals surface area contributed by atoms with Gasteiger partial charge in [-0.05, 0) is 55.0 Å². The first-order valence-electron chi connectivity index (χ1n) is 7.19. The summed E-state index contributed by atoms with van der Waals surface area (Å²) in [5.41, 5.74) is 3.49. The fraction of sp³-hybridized carbons (Fsp3) is 0.0556. The summed E-state index contributed by atoms with van der Waals surface area (Å²) in [6.07, 6.45) is 3.23. The molecule has 0 aliphatic rings. The van der Waals surface area contributed by atoms with Gasteiger partial charge in [0.2, 0.25) is 0 Å². The third kappa shape index (κ3) is 3.36. The molecule has 0 saturated heterocycles. The molecule has 3 rings (SSSR count). The highest BCUT2D eigenvalue weighted by molar-refractivity contribution is 9.10. The predicted molar refractivity (Wildman–Crippen MR) is 95.1 cm³/mol. The zero-order valence-electron chi connectivity index (χ0n) is 12.8. The number of nitriles is 1. The van der Waals surface area contributed by atoms with Crippen LogP contribution in [0.15, 0.2) is 59.5 Å². The molecule has 0 unspecified atom stereocenters. The quantitative estimate of drug-likeness (QED) is 0.744. The molecule has 0 fully saturated rings. The number of amides is 1. The lowest BCUT2D eigenvalue weighted by molar-refractivity contribution is 0.102. The molecule has 0 spiro atoms. The van der Waals surface area contributed by atoms with Crippen molar-refractivity contribution in [1.29, 1.82) is 5.26 Å². The maximum atomic E-state index is 12.3. The van der Waals surface area contributed by atoms with Crippen LogP contribution < -0.4 is 5.32 Å². The third-order valence-corrected chi connectivity index (χ3v) is 4.42. The number of carbonyl (C=O) groups excluding carboxylic acids is 1. The van der Waals surface area contributed by atoms with E-state index in [1.807, 2.05) is 25.1 Å². The van der Waals surface area contributed by atoms with Crippen LogP contribution in [0.5, 0.6) is 0 Å². The van der Waals surface area contributed by atoms with Crippen molar-refractivity contribution >= 4 is 27.5 Å². The van der Waals surface area contributed by atoms with Crippen molar-refractivity contribution in [3.05, 3.63) is 76.3 Å². The summed E-state index contributed by atoms with van der Waals surface area (Å²) in [6.45, 7) is 1.96. The first-order chi connectivity index (χ1) is 11.6. The van der Waals surface area contributed by atoms with E-state index in [0.717, 1.165) is 15.7 Å². The number of nitrogens with one attached hydrogen (secondary N) is 1. The second-order valence-electron chi connectivity index (χ2n) is 5.24. The zero-order chi connectivity index (χ0) is 17.1. The van der Waals surface area contributed by atoms with Gasteiger partial charge in [0.15, 0.2) is 0 Å². The van der Waals surface area contributed by atoms with Crippen LogP contribution in [0.2, 0.25) is 0 Å². The van der Waals surface area contributed by atoms with Gasteiger partial charge in [0, 0.05) is 22.0 Å². The van der Waals surface area contributed by atoms with Crippen molar-refractivity contribution in [3.8, 4) is 11.8 Å². The second-order valence-corrected chi connectivity index (χ2v) is 6.10. The van der Waals surface area contributed by atoms with E-state index in [9.17, 15) is 4.79 Å². The molecule has 3 aromatic rings. The maximum absolute atomic E-state index is 12.3. The highest BCUT2D eigenvalue weighted by Gasteiger charge is 2.11. The van der Waals surface area contributed by atoms with Gasteiger partial charge >= 0.3 is 0 Å². The van der Waals surface area contributed by atoms with E-state index in [4.69, 9.17) is 5.26 Å². The molecule has 0 atom stereocenters. The number of benzene rings is 2. The van der Waals surface area contributed by atoms with E-state index in [0.29, 0.717) is 16.9 Å². The standard InChI is InChI=1S/C18H13BrN4O/c1-12-8-14(4-7-16(12)19)22-18(24)17-10-23(11-21-17)15-5-2-13(9-20)3-6-15/h2-8,10-11H,1H3,(H,22,24). The van der Waals surface area contributed by atoms with Crippen LogP contribution in [0.4, 0.5) is 5.69 Å². The lowest BCUT2D eigenvalue weighted by Gasteiger charge is -2.05. The van der Waals surface area contributed by atoms with Crippen molar-refractivity contribution in [1.82, 2.24) is 9.55 Å². The second kappa shape index (κ2) is 6.69. The molecule has 24 heavy (non-hydrogen) atoms. The number of hydrogen-bond acceptors (Lipinski definition) is 3. The van der Waals surface area contributed by atoms with Crippen molar-refractivity contribution in [2.45, 2.75) is 6.92 Å². The molecule has 6 heteroatoms. The Labute approximate surface area is 147 Å². The van der Waals surface area contributed by atoms with E-state index >= 15 is 0 Å². The molecule has 0 radical (unpaired) electrons. The molecule has 2 aromatic carbocycles. The Morgan fingerprint density at radius 1 is 1.25 bits per heavy atom. The molecule has 1 heterocycles. The largest absolute Gasteiger partial charge is 0.321 e. The zero-order valence-corrected chi connectivity index (χ0v) is 14.4. The number of imidazole rings is 1. The van der Waals surface area contributed by atoms with Gasteiger partial charge in [-0.3, -0.25) is 4.79 Å². The molecule has 1 aromatic heterocycles. The fourth-order valence-corrected chi connectivity index (χ4v) is 2.45. The lowest BCUT2D eigenvalue weighted by atomic mass is 10.2. The molecule has 0 bridgehead atoms. The van der Waals surface area contributed by atoms with Crippen LogP contribution in [0, 0.1) is 18.3 Å². The Bertz CT molecular complexity index is 938. The molecule has 1 amide bonds. The Kier molecular flexibility index (Phi) is 4.45. The number of hydrogen-bond donors (Lipinski definition) is 1. The molecule has 0 saturated carbocycles. The monoisotopic (exact) mass is 380 g/mol. The normalized spacial score (nSPS) is 10.2. The highest BCUT2D eigenvalue weighted by Crippen LogP contribution is 2.20. The van der Waals surface area contributed by atoms with Crippen LogP contribution in [0.25, 0.3) is 5.69 Å². The molecular weight excluding hydrogens is 368 g/mol. The topological polar surface area (TPSA) is 70.7 Å². The van der Waals surface area contributed by atoms with Gasteiger partial charge in [-0.1, -0.05) is 15.9 Å². The smallest absolute Gasteiger partial charge is 0.275 e. The Balaban J connectivity index is 1.77. The molecule has 0 aliphatic heterocycles. The summed E-state index contributed by atoms with van der Waals surface area (Å²) in [7, 11) is 0. The van der Waals surface area contributed by atoms with Crippen molar-refractivity contribution < 1.29 is 4.79 Å². The van der Waals surface area contributed by atoms with E-state index < -0.39 is 0 Å². The Morgan fingerprint density at radius 2 is 2.00 bits per heavy atom. The highest BCUT2D eigenvalue weighted by atomic mass is 79.9. The SMILES string of the molecule is Cc1cc(NC(=O)c2cn(-c3ccc(C#N)cc3)cn2)ccc1Br. The molecule has 1 N–H and O–H groups in total. The number of aromatic nitrogens is 2. The van der Waals surface area contributed by atoms with Crippen molar-refractivity contribution in [2.75, 3.05) is 5.32 Å². The predicted octanol–water partition coefficient (Wildman–Crippen LogP) is 4.07. The van der Waals surface area contributed by atoms with Crippen LogP contribution >= 0.6 is 15.9 Å². The maximum Gasteiger partial charge on any atom is 0.275 e. The van der Waals surface area contributed by atoms with Crippen LogP contribution in [0.1, 0.15) is 21.6 Å². The number of aryl methyl sites for hydroxylation is 1. The van der Waals surface area contributed by atoms with Crippen molar-refractivity contribution in [3.63, 3.8) is 0 Å². The van der Waals surface area contributed by atoms with E-state index in [1.165, 1.54) is 0 Å². The van der Waals surface area contributed by atoms with Gasteiger partial charge in [-0.15, -0.1) is 0 Å². The van der Waals surface area contributed by atoms with E-state index in [1.54, 1.807) is 41.4 Å². The number of rotatable bonds is 3. The van der Waals surface area contributed by atoms with Gasteiger partial charge in [-0.25, -0.2) is 4.98 Å². The number of halogens is 1. The van der Waals surface area contributed by atoms with Gasteiger partial charge in [0.25, 0.3) is 5.91 Å².